The van der Waals surface area contributed by atoms with Gasteiger partial charge in [-0.1, -0.05) is 13.8 Å². The normalized spacial score (nSPS) is 27.7. The second-order valence-electron chi connectivity index (χ2n) is 4.55. The smallest absolute Gasteiger partial charge is 0.322 e. The molecular weight excluding hydrogens is 178 g/mol. The summed E-state index contributed by atoms with van der Waals surface area (Å²) in [5.74, 6) is 1.29. The van der Waals surface area contributed by atoms with E-state index in [1.54, 1.807) is 0 Å². The lowest BCUT2D eigenvalue weighted by Crippen LogP contribution is -2.44. The molecule has 1 rings (SSSR count). The summed E-state index contributed by atoms with van der Waals surface area (Å²) in [7, 11) is 1.45. The van der Waals surface area contributed by atoms with Gasteiger partial charge in [-0.25, -0.2) is 0 Å². The SMILES string of the molecule is COC(=O)C1CC(CC(C)C)CCN1. The minimum atomic E-state index is -0.113. The fourth-order valence-corrected chi connectivity index (χ4v) is 2.20. The second kappa shape index (κ2) is 5.35. The summed E-state index contributed by atoms with van der Waals surface area (Å²) < 4.78 is 4.74. The number of rotatable bonds is 3. The molecule has 0 aliphatic carbocycles. The standard InChI is InChI=1S/C11H21NO2/c1-8(2)6-9-4-5-12-10(7-9)11(13)14-3/h8-10,12H,4-7H2,1-3H3. The van der Waals surface area contributed by atoms with Crippen molar-refractivity contribution in [1.82, 2.24) is 5.32 Å². The average Bonchev–Trinajstić information content (AvgIpc) is 2.16. The second-order valence-corrected chi connectivity index (χ2v) is 4.55. The van der Waals surface area contributed by atoms with Gasteiger partial charge in [0.05, 0.1) is 7.11 Å². The molecule has 2 atom stereocenters. The first kappa shape index (κ1) is 11.5. The molecule has 3 heteroatoms. The fourth-order valence-electron chi connectivity index (χ4n) is 2.20. The monoisotopic (exact) mass is 199 g/mol. The van der Waals surface area contributed by atoms with E-state index < -0.39 is 0 Å². The van der Waals surface area contributed by atoms with Crippen molar-refractivity contribution in [3.63, 3.8) is 0 Å². The molecule has 1 saturated heterocycles. The number of hydrogen-bond donors (Lipinski definition) is 1. The van der Waals surface area contributed by atoms with Crippen molar-refractivity contribution in [3.05, 3.63) is 0 Å². The Morgan fingerprint density at radius 2 is 2.29 bits per heavy atom. The van der Waals surface area contributed by atoms with Crippen LogP contribution in [0.5, 0.6) is 0 Å². The van der Waals surface area contributed by atoms with Crippen LogP contribution in [0.25, 0.3) is 0 Å². The van der Waals surface area contributed by atoms with Crippen molar-refractivity contribution in [2.24, 2.45) is 11.8 Å². The van der Waals surface area contributed by atoms with Crippen molar-refractivity contribution in [1.29, 1.82) is 0 Å². The molecule has 1 N–H and O–H groups in total. The van der Waals surface area contributed by atoms with E-state index in [-0.39, 0.29) is 12.0 Å². The quantitative estimate of drug-likeness (QED) is 0.701. The summed E-state index contributed by atoms with van der Waals surface area (Å²) in [6.07, 6.45) is 3.34. The number of hydrogen-bond acceptors (Lipinski definition) is 3. The largest absolute Gasteiger partial charge is 0.468 e. The van der Waals surface area contributed by atoms with E-state index in [2.05, 4.69) is 19.2 Å². The van der Waals surface area contributed by atoms with Crippen LogP contribution < -0.4 is 5.32 Å². The van der Waals surface area contributed by atoms with Gasteiger partial charge in [0.2, 0.25) is 0 Å². The number of nitrogens with one attached hydrogen (secondary N) is 1. The number of ether oxygens (including phenoxy) is 1. The summed E-state index contributed by atoms with van der Waals surface area (Å²) in [6, 6.07) is -0.0718. The summed E-state index contributed by atoms with van der Waals surface area (Å²) >= 11 is 0. The number of carbonyl (C=O) groups excluding carboxylic acids is 1. The zero-order valence-electron chi connectivity index (χ0n) is 9.38. The Morgan fingerprint density at radius 3 is 2.86 bits per heavy atom. The van der Waals surface area contributed by atoms with Crippen LogP contribution in [0, 0.1) is 11.8 Å². The Bertz CT molecular complexity index is 192. The van der Waals surface area contributed by atoms with Gasteiger partial charge in [-0.3, -0.25) is 4.79 Å². The van der Waals surface area contributed by atoms with Gasteiger partial charge >= 0.3 is 5.97 Å². The number of carbonyl (C=O) groups is 1. The maximum absolute atomic E-state index is 11.3. The molecule has 3 nitrogen and oxygen atoms in total. The lowest BCUT2D eigenvalue weighted by atomic mass is 9.86. The molecule has 82 valence electrons. The van der Waals surface area contributed by atoms with Gasteiger partial charge < -0.3 is 10.1 Å². The van der Waals surface area contributed by atoms with Gasteiger partial charge in [0, 0.05) is 0 Å². The molecule has 0 bridgehead atoms. The van der Waals surface area contributed by atoms with Gasteiger partial charge in [-0.15, -0.1) is 0 Å². The van der Waals surface area contributed by atoms with Crippen LogP contribution in [-0.2, 0) is 9.53 Å². The molecule has 0 aromatic heterocycles. The Kier molecular flexibility index (Phi) is 4.39. The third-order valence-corrected chi connectivity index (χ3v) is 2.80. The zero-order chi connectivity index (χ0) is 10.6. The maximum Gasteiger partial charge on any atom is 0.322 e. The van der Waals surface area contributed by atoms with Crippen LogP contribution in [0.3, 0.4) is 0 Å². The van der Waals surface area contributed by atoms with Gasteiger partial charge in [0.1, 0.15) is 6.04 Å². The van der Waals surface area contributed by atoms with Crippen LogP contribution in [0.15, 0.2) is 0 Å². The van der Waals surface area contributed by atoms with Crippen LogP contribution in [0.1, 0.15) is 33.1 Å². The lowest BCUT2D eigenvalue weighted by Gasteiger charge is -2.29. The Morgan fingerprint density at radius 1 is 1.57 bits per heavy atom. The molecule has 0 radical (unpaired) electrons. The average molecular weight is 199 g/mol. The van der Waals surface area contributed by atoms with Gasteiger partial charge in [-0.05, 0) is 37.6 Å². The highest BCUT2D eigenvalue weighted by atomic mass is 16.5. The van der Waals surface area contributed by atoms with Crippen molar-refractivity contribution in [2.45, 2.75) is 39.2 Å². The van der Waals surface area contributed by atoms with Gasteiger partial charge in [0.15, 0.2) is 0 Å². The Labute approximate surface area is 86.2 Å². The molecule has 14 heavy (non-hydrogen) atoms. The Hall–Kier alpha value is -0.570. The van der Waals surface area contributed by atoms with Crippen LogP contribution in [0.4, 0.5) is 0 Å². The highest BCUT2D eigenvalue weighted by molar-refractivity contribution is 5.75. The fraction of sp³-hybridized carbons (Fsp3) is 0.909. The highest BCUT2D eigenvalue weighted by Crippen LogP contribution is 2.23. The first-order chi connectivity index (χ1) is 6.63. The van der Waals surface area contributed by atoms with E-state index in [1.165, 1.54) is 20.0 Å². The Balaban J connectivity index is 2.39. The molecular formula is C11H21NO2. The highest BCUT2D eigenvalue weighted by Gasteiger charge is 2.27. The van der Waals surface area contributed by atoms with Gasteiger partial charge in [-0.2, -0.15) is 0 Å². The number of piperidine rings is 1. The predicted molar refractivity (Wildman–Crippen MR) is 56.0 cm³/mol. The van der Waals surface area contributed by atoms with E-state index >= 15 is 0 Å². The summed E-state index contributed by atoms with van der Waals surface area (Å²) in [6.45, 7) is 5.40. The topological polar surface area (TPSA) is 38.3 Å². The molecule has 0 spiro atoms. The molecule has 0 aromatic rings. The van der Waals surface area contributed by atoms with E-state index in [0.29, 0.717) is 5.92 Å². The molecule has 1 fully saturated rings. The molecule has 1 aliphatic rings. The lowest BCUT2D eigenvalue weighted by molar-refractivity contribution is -0.144. The van der Waals surface area contributed by atoms with E-state index in [1.807, 2.05) is 0 Å². The zero-order valence-corrected chi connectivity index (χ0v) is 9.38. The van der Waals surface area contributed by atoms with E-state index in [0.717, 1.165) is 18.9 Å². The first-order valence-corrected chi connectivity index (χ1v) is 5.44. The number of esters is 1. The predicted octanol–water partition coefficient (Wildman–Crippen LogP) is 1.57. The third kappa shape index (κ3) is 3.29. The van der Waals surface area contributed by atoms with E-state index in [4.69, 9.17) is 4.74 Å². The van der Waals surface area contributed by atoms with Gasteiger partial charge in [0.25, 0.3) is 0 Å². The van der Waals surface area contributed by atoms with Crippen LogP contribution in [0.2, 0.25) is 0 Å². The molecule has 1 aliphatic heterocycles. The third-order valence-electron chi connectivity index (χ3n) is 2.80. The van der Waals surface area contributed by atoms with Crippen LogP contribution >= 0.6 is 0 Å². The molecule has 0 amide bonds. The van der Waals surface area contributed by atoms with Crippen molar-refractivity contribution in [2.75, 3.05) is 13.7 Å². The van der Waals surface area contributed by atoms with Crippen molar-refractivity contribution in [3.8, 4) is 0 Å². The molecule has 0 saturated carbocycles. The molecule has 2 unspecified atom stereocenters. The van der Waals surface area contributed by atoms with Crippen molar-refractivity contribution < 1.29 is 9.53 Å². The minimum Gasteiger partial charge on any atom is -0.468 e. The minimum absolute atomic E-state index is 0.0718. The maximum atomic E-state index is 11.3. The summed E-state index contributed by atoms with van der Waals surface area (Å²) in [4.78, 5) is 11.3. The number of methoxy groups -OCH3 is 1. The van der Waals surface area contributed by atoms with Crippen LogP contribution in [-0.4, -0.2) is 25.7 Å². The summed E-state index contributed by atoms with van der Waals surface area (Å²) in [5, 5.41) is 3.20. The molecule has 0 aromatic carbocycles. The molecule has 1 heterocycles. The summed E-state index contributed by atoms with van der Waals surface area (Å²) in [5.41, 5.74) is 0. The van der Waals surface area contributed by atoms with E-state index in [9.17, 15) is 4.79 Å². The first-order valence-electron chi connectivity index (χ1n) is 5.44. The van der Waals surface area contributed by atoms with Crippen molar-refractivity contribution >= 4 is 5.97 Å².